The Morgan fingerprint density at radius 1 is 1.08 bits per heavy atom. The number of methoxy groups -OCH3 is 1. The Balaban J connectivity index is 2.05. The van der Waals surface area contributed by atoms with Gasteiger partial charge in [-0.15, -0.1) is 0 Å². The molecule has 1 aliphatic heterocycles. The Bertz CT molecular complexity index is 835. The van der Waals surface area contributed by atoms with Gasteiger partial charge in [0.05, 0.1) is 19.1 Å². The Kier molecular flexibility index (Phi) is 5.02. The van der Waals surface area contributed by atoms with E-state index in [4.69, 9.17) is 0 Å². The van der Waals surface area contributed by atoms with Gasteiger partial charge in [0.2, 0.25) is 5.91 Å². The fourth-order valence-corrected chi connectivity index (χ4v) is 3.37. The average Bonchev–Trinajstić information content (AvgIpc) is 2.69. The molecule has 2 atom stereocenters. The molecule has 2 aromatic carbocycles. The van der Waals surface area contributed by atoms with Crippen LogP contribution in [0.1, 0.15) is 33.4 Å². The third-order valence-corrected chi connectivity index (χ3v) is 4.64. The van der Waals surface area contributed by atoms with Crippen LogP contribution in [0.5, 0.6) is 0 Å². The molecule has 0 fully saturated rings. The fourth-order valence-electron chi connectivity index (χ4n) is 3.37. The highest BCUT2D eigenvalue weighted by Crippen LogP contribution is 2.41. The number of amides is 2. The smallest absolute Gasteiger partial charge is 0.325 e. The number of carbonyl (C=O) groups is 3. The summed E-state index contributed by atoms with van der Waals surface area (Å²) in [6, 6.07) is 16.0. The summed E-state index contributed by atoms with van der Waals surface area (Å²) in [6.07, 6.45) is 0. The van der Waals surface area contributed by atoms with Crippen molar-refractivity contribution in [3.8, 4) is 0 Å². The van der Waals surface area contributed by atoms with E-state index >= 15 is 0 Å². The first-order valence-electron chi connectivity index (χ1n) is 8.30. The topological polar surface area (TPSA) is 75.7 Å². The lowest BCUT2D eigenvalue weighted by Crippen LogP contribution is -2.46. The summed E-state index contributed by atoms with van der Waals surface area (Å²) in [5.74, 6) is -1.60. The maximum atomic E-state index is 13.0. The van der Waals surface area contributed by atoms with Gasteiger partial charge < -0.3 is 15.0 Å². The van der Waals surface area contributed by atoms with Crippen LogP contribution in [0.4, 0.5) is 0 Å². The van der Waals surface area contributed by atoms with Crippen LogP contribution in [0.3, 0.4) is 0 Å². The molecule has 0 spiro atoms. The lowest BCUT2D eigenvalue weighted by Gasteiger charge is -2.39. The number of benzene rings is 2. The highest BCUT2D eigenvalue weighted by atomic mass is 16.5. The molecular weight excluding hydrogens is 332 g/mol. The van der Waals surface area contributed by atoms with Gasteiger partial charge in [-0.3, -0.25) is 14.4 Å². The van der Waals surface area contributed by atoms with E-state index in [0.717, 1.165) is 5.56 Å². The molecule has 6 nitrogen and oxygen atoms in total. The first-order chi connectivity index (χ1) is 12.5. The highest BCUT2D eigenvalue weighted by Gasteiger charge is 2.42. The monoisotopic (exact) mass is 352 g/mol. The van der Waals surface area contributed by atoms with Crippen LogP contribution in [-0.4, -0.2) is 43.4 Å². The lowest BCUT2D eigenvalue weighted by atomic mass is 9.79. The lowest BCUT2D eigenvalue weighted by molar-refractivity contribution is -0.141. The van der Waals surface area contributed by atoms with E-state index in [1.165, 1.54) is 7.11 Å². The SMILES string of the molecule is COC(=O)CNC(=O)C1c2ccccc2C(=O)N(C)C1c1ccccc1. The quantitative estimate of drug-likeness (QED) is 0.853. The largest absolute Gasteiger partial charge is 0.468 e. The van der Waals surface area contributed by atoms with Crippen LogP contribution in [-0.2, 0) is 14.3 Å². The van der Waals surface area contributed by atoms with E-state index in [0.29, 0.717) is 11.1 Å². The Morgan fingerprint density at radius 3 is 2.42 bits per heavy atom. The van der Waals surface area contributed by atoms with Gasteiger partial charge in [0.1, 0.15) is 6.54 Å². The fraction of sp³-hybridized carbons (Fsp3) is 0.250. The zero-order valence-corrected chi connectivity index (χ0v) is 14.6. The zero-order valence-electron chi connectivity index (χ0n) is 14.6. The van der Waals surface area contributed by atoms with Gasteiger partial charge in [0, 0.05) is 12.6 Å². The number of rotatable bonds is 4. The molecule has 0 saturated heterocycles. The number of likely N-dealkylation sites (N-methyl/N-ethyl adjacent to an activating group) is 1. The van der Waals surface area contributed by atoms with Crippen molar-refractivity contribution in [2.24, 2.45) is 0 Å². The van der Waals surface area contributed by atoms with E-state index in [-0.39, 0.29) is 18.4 Å². The molecule has 0 bridgehead atoms. The number of hydrogen-bond acceptors (Lipinski definition) is 4. The van der Waals surface area contributed by atoms with Gasteiger partial charge in [-0.2, -0.15) is 0 Å². The van der Waals surface area contributed by atoms with Gasteiger partial charge in [-0.05, 0) is 17.2 Å². The van der Waals surface area contributed by atoms with Crippen LogP contribution >= 0.6 is 0 Å². The van der Waals surface area contributed by atoms with E-state index in [9.17, 15) is 14.4 Å². The molecule has 0 aliphatic carbocycles. The van der Waals surface area contributed by atoms with Gasteiger partial charge in [-0.1, -0.05) is 48.5 Å². The number of nitrogens with one attached hydrogen (secondary N) is 1. The maximum Gasteiger partial charge on any atom is 0.325 e. The van der Waals surface area contributed by atoms with Crippen LogP contribution in [0.15, 0.2) is 54.6 Å². The maximum absolute atomic E-state index is 13.0. The molecule has 134 valence electrons. The number of carbonyl (C=O) groups excluding carboxylic acids is 3. The normalized spacial score (nSPS) is 18.8. The van der Waals surface area contributed by atoms with Crippen molar-refractivity contribution in [3.05, 3.63) is 71.3 Å². The second kappa shape index (κ2) is 7.39. The predicted octanol–water partition coefficient (Wildman–Crippen LogP) is 1.89. The molecule has 1 aliphatic rings. The molecule has 2 amide bonds. The summed E-state index contributed by atoms with van der Waals surface area (Å²) in [5, 5.41) is 2.63. The summed E-state index contributed by atoms with van der Waals surface area (Å²) >= 11 is 0. The van der Waals surface area contributed by atoms with Gasteiger partial charge in [-0.25, -0.2) is 0 Å². The standard InChI is InChI=1S/C20H20N2O4/c1-22-18(13-8-4-3-5-9-13)17(19(24)21-12-16(23)26-2)14-10-6-7-11-15(14)20(22)25/h3-11,17-18H,12H2,1-2H3,(H,21,24). The van der Waals surface area contributed by atoms with E-state index in [2.05, 4.69) is 10.1 Å². The second-order valence-corrected chi connectivity index (χ2v) is 6.13. The summed E-state index contributed by atoms with van der Waals surface area (Å²) in [7, 11) is 2.96. The molecule has 0 radical (unpaired) electrons. The third kappa shape index (κ3) is 3.18. The number of nitrogens with zero attached hydrogens (tertiary/aromatic N) is 1. The molecule has 1 heterocycles. The van der Waals surface area contributed by atoms with Gasteiger partial charge in [0.15, 0.2) is 0 Å². The van der Waals surface area contributed by atoms with Crippen molar-refractivity contribution >= 4 is 17.8 Å². The van der Waals surface area contributed by atoms with Gasteiger partial charge in [0.25, 0.3) is 5.91 Å². The number of ether oxygens (including phenoxy) is 1. The summed E-state index contributed by atoms with van der Waals surface area (Å²) in [5.41, 5.74) is 2.02. The molecule has 3 rings (SSSR count). The predicted molar refractivity (Wildman–Crippen MR) is 95.5 cm³/mol. The van der Waals surface area contributed by atoms with Crippen molar-refractivity contribution in [3.63, 3.8) is 0 Å². The minimum atomic E-state index is -0.624. The van der Waals surface area contributed by atoms with Crippen molar-refractivity contribution in [2.45, 2.75) is 12.0 Å². The Morgan fingerprint density at radius 2 is 1.73 bits per heavy atom. The van der Waals surface area contributed by atoms with Crippen LogP contribution in [0.2, 0.25) is 0 Å². The van der Waals surface area contributed by atoms with Crippen LogP contribution in [0.25, 0.3) is 0 Å². The summed E-state index contributed by atoms with van der Waals surface area (Å²) in [4.78, 5) is 38.8. The molecule has 6 heteroatoms. The first-order valence-corrected chi connectivity index (χ1v) is 8.30. The van der Waals surface area contributed by atoms with E-state index in [1.54, 1.807) is 36.2 Å². The van der Waals surface area contributed by atoms with Crippen molar-refractivity contribution < 1.29 is 19.1 Å². The number of esters is 1. The summed E-state index contributed by atoms with van der Waals surface area (Å²) in [6.45, 7) is -0.215. The summed E-state index contributed by atoms with van der Waals surface area (Å²) < 4.78 is 4.59. The highest BCUT2D eigenvalue weighted by molar-refractivity contribution is 6.01. The molecule has 1 N–H and O–H groups in total. The van der Waals surface area contributed by atoms with Crippen molar-refractivity contribution in [2.75, 3.05) is 20.7 Å². The van der Waals surface area contributed by atoms with Crippen molar-refractivity contribution in [1.82, 2.24) is 10.2 Å². The van der Waals surface area contributed by atoms with E-state index in [1.807, 2.05) is 30.3 Å². The average molecular weight is 352 g/mol. The zero-order chi connectivity index (χ0) is 18.7. The molecule has 2 unspecified atom stereocenters. The van der Waals surface area contributed by atoms with Crippen molar-refractivity contribution in [1.29, 1.82) is 0 Å². The molecule has 0 saturated carbocycles. The third-order valence-electron chi connectivity index (χ3n) is 4.64. The molecular formula is C20H20N2O4. The minimum absolute atomic E-state index is 0.133. The number of hydrogen-bond donors (Lipinski definition) is 1. The second-order valence-electron chi connectivity index (χ2n) is 6.13. The first kappa shape index (κ1) is 17.7. The van der Waals surface area contributed by atoms with Gasteiger partial charge >= 0.3 is 5.97 Å². The Labute approximate surface area is 151 Å². The molecule has 2 aromatic rings. The van der Waals surface area contributed by atoms with Crippen LogP contribution in [0, 0.1) is 0 Å². The molecule has 26 heavy (non-hydrogen) atoms. The van der Waals surface area contributed by atoms with Crippen LogP contribution < -0.4 is 5.32 Å². The molecule has 0 aromatic heterocycles. The Hall–Kier alpha value is -3.15. The van der Waals surface area contributed by atoms with E-state index < -0.39 is 17.9 Å². The number of fused-ring (bicyclic) bond motifs is 1. The minimum Gasteiger partial charge on any atom is -0.468 e.